The molecule has 1 aromatic carbocycles. The van der Waals surface area contributed by atoms with Gasteiger partial charge in [0.15, 0.2) is 0 Å². The summed E-state index contributed by atoms with van der Waals surface area (Å²) in [6, 6.07) is 8.53. The molecule has 0 aliphatic heterocycles. The average molecular weight is 190 g/mol. The maximum absolute atomic E-state index is 8.66. The third-order valence-electron chi connectivity index (χ3n) is 2.32. The summed E-state index contributed by atoms with van der Waals surface area (Å²) in [4.78, 5) is 0. The Balaban J connectivity index is 2.64. The fourth-order valence-corrected chi connectivity index (χ4v) is 1.34. The summed E-state index contributed by atoms with van der Waals surface area (Å²) in [5.41, 5.74) is 3.85. The van der Waals surface area contributed by atoms with Crippen molar-refractivity contribution in [1.29, 1.82) is 0 Å². The largest absolute Gasteiger partial charge is 0.396 e. The van der Waals surface area contributed by atoms with E-state index in [1.165, 1.54) is 16.7 Å². The molecule has 0 unspecified atom stereocenters. The molecule has 1 aromatic rings. The number of hydrogen-bond acceptors (Lipinski definition) is 1. The van der Waals surface area contributed by atoms with Gasteiger partial charge in [0.25, 0.3) is 0 Å². The van der Waals surface area contributed by atoms with E-state index >= 15 is 0 Å². The lowest BCUT2D eigenvalue weighted by Gasteiger charge is -2.02. The van der Waals surface area contributed by atoms with Crippen molar-refractivity contribution < 1.29 is 5.11 Å². The Morgan fingerprint density at radius 2 is 1.93 bits per heavy atom. The molecule has 0 radical (unpaired) electrons. The molecule has 0 saturated carbocycles. The minimum atomic E-state index is 0.275. The molecule has 0 amide bonds. The zero-order valence-electron chi connectivity index (χ0n) is 8.96. The van der Waals surface area contributed by atoms with Crippen LogP contribution in [0.1, 0.15) is 30.9 Å². The van der Waals surface area contributed by atoms with Crippen LogP contribution in [0.5, 0.6) is 0 Å². The summed E-state index contributed by atoms with van der Waals surface area (Å²) in [6.45, 7) is 4.48. The Morgan fingerprint density at radius 1 is 1.29 bits per heavy atom. The van der Waals surface area contributed by atoms with Crippen molar-refractivity contribution in [1.82, 2.24) is 0 Å². The van der Waals surface area contributed by atoms with E-state index in [0.29, 0.717) is 0 Å². The van der Waals surface area contributed by atoms with E-state index in [9.17, 15) is 0 Å². The van der Waals surface area contributed by atoms with Crippen molar-refractivity contribution in [2.24, 2.45) is 0 Å². The van der Waals surface area contributed by atoms with Crippen molar-refractivity contribution >= 4 is 5.57 Å². The molecule has 0 aromatic heterocycles. The SMILES string of the molecule is CC(=CCCCO)c1ccc(C)cc1. The topological polar surface area (TPSA) is 20.2 Å². The van der Waals surface area contributed by atoms with Gasteiger partial charge in [0, 0.05) is 6.61 Å². The Bertz CT molecular complexity index is 296. The highest BCUT2D eigenvalue weighted by molar-refractivity contribution is 5.63. The van der Waals surface area contributed by atoms with Crippen LogP contribution in [0, 0.1) is 6.92 Å². The number of allylic oxidation sites excluding steroid dienone is 2. The van der Waals surface area contributed by atoms with Crippen LogP contribution >= 0.6 is 0 Å². The van der Waals surface area contributed by atoms with Gasteiger partial charge in [-0.05, 0) is 37.8 Å². The van der Waals surface area contributed by atoms with Crippen LogP contribution in [0.25, 0.3) is 5.57 Å². The number of unbranched alkanes of at least 4 members (excludes halogenated alkanes) is 1. The first-order valence-electron chi connectivity index (χ1n) is 5.08. The smallest absolute Gasteiger partial charge is 0.0433 e. The molecule has 0 atom stereocenters. The summed E-state index contributed by atoms with van der Waals surface area (Å²) in [5.74, 6) is 0. The Kier molecular flexibility index (Phi) is 4.41. The van der Waals surface area contributed by atoms with Crippen LogP contribution < -0.4 is 0 Å². The van der Waals surface area contributed by atoms with Gasteiger partial charge in [0.05, 0.1) is 0 Å². The van der Waals surface area contributed by atoms with Crippen LogP contribution in [0.2, 0.25) is 0 Å². The van der Waals surface area contributed by atoms with Crippen molar-refractivity contribution in [2.45, 2.75) is 26.7 Å². The molecule has 0 heterocycles. The second-order valence-electron chi connectivity index (χ2n) is 3.62. The fraction of sp³-hybridized carbons (Fsp3) is 0.385. The van der Waals surface area contributed by atoms with E-state index in [4.69, 9.17) is 5.11 Å². The minimum Gasteiger partial charge on any atom is -0.396 e. The molecular formula is C13H18O. The lowest BCUT2D eigenvalue weighted by molar-refractivity contribution is 0.289. The van der Waals surface area contributed by atoms with Crippen LogP contribution in [-0.4, -0.2) is 11.7 Å². The molecule has 76 valence electrons. The Morgan fingerprint density at radius 3 is 2.50 bits per heavy atom. The normalized spacial score (nSPS) is 11.8. The minimum absolute atomic E-state index is 0.275. The van der Waals surface area contributed by atoms with Crippen LogP contribution in [-0.2, 0) is 0 Å². The number of aliphatic hydroxyl groups is 1. The van der Waals surface area contributed by atoms with Gasteiger partial charge in [-0.15, -0.1) is 0 Å². The molecule has 0 saturated heterocycles. The maximum Gasteiger partial charge on any atom is 0.0433 e. The van der Waals surface area contributed by atoms with Gasteiger partial charge < -0.3 is 5.11 Å². The van der Waals surface area contributed by atoms with Gasteiger partial charge in [0.1, 0.15) is 0 Å². The van der Waals surface area contributed by atoms with E-state index in [1.807, 2.05) is 0 Å². The van der Waals surface area contributed by atoms with Crippen LogP contribution in [0.3, 0.4) is 0 Å². The van der Waals surface area contributed by atoms with Gasteiger partial charge in [0.2, 0.25) is 0 Å². The second-order valence-corrected chi connectivity index (χ2v) is 3.62. The molecule has 1 heteroatoms. The molecule has 0 spiro atoms. The third-order valence-corrected chi connectivity index (χ3v) is 2.32. The molecule has 0 aliphatic carbocycles. The number of rotatable bonds is 4. The summed E-state index contributed by atoms with van der Waals surface area (Å²) >= 11 is 0. The lowest BCUT2D eigenvalue weighted by atomic mass is 10.0. The van der Waals surface area contributed by atoms with E-state index in [-0.39, 0.29) is 6.61 Å². The molecule has 1 rings (SSSR count). The van der Waals surface area contributed by atoms with Gasteiger partial charge in [-0.3, -0.25) is 0 Å². The molecule has 1 N–H and O–H groups in total. The zero-order valence-corrected chi connectivity index (χ0v) is 8.96. The highest BCUT2D eigenvalue weighted by atomic mass is 16.2. The van der Waals surface area contributed by atoms with Crippen LogP contribution in [0.15, 0.2) is 30.3 Å². The van der Waals surface area contributed by atoms with E-state index < -0.39 is 0 Å². The average Bonchev–Trinajstić information content (AvgIpc) is 2.19. The summed E-state index contributed by atoms with van der Waals surface area (Å²) < 4.78 is 0. The highest BCUT2D eigenvalue weighted by Gasteiger charge is 1.93. The lowest BCUT2D eigenvalue weighted by Crippen LogP contribution is -1.83. The maximum atomic E-state index is 8.66. The summed E-state index contributed by atoms with van der Waals surface area (Å²) in [7, 11) is 0. The standard InChI is InChI=1S/C13H18O/c1-11-6-8-13(9-7-11)12(2)5-3-4-10-14/h5-9,14H,3-4,10H2,1-2H3. The quantitative estimate of drug-likeness (QED) is 0.723. The van der Waals surface area contributed by atoms with E-state index in [2.05, 4.69) is 44.2 Å². The van der Waals surface area contributed by atoms with Crippen molar-refractivity contribution in [3.8, 4) is 0 Å². The van der Waals surface area contributed by atoms with Gasteiger partial charge in [-0.2, -0.15) is 0 Å². The Labute approximate surface area is 86.1 Å². The molecule has 1 nitrogen and oxygen atoms in total. The highest BCUT2D eigenvalue weighted by Crippen LogP contribution is 2.15. The first-order valence-corrected chi connectivity index (χ1v) is 5.08. The monoisotopic (exact) mass is 190 g/mol. The molecule has 0 aliphatic rings. The van der Waals surface area contributed by atoms with E-state index in [1.54, 1.807) is 0 Å². The Hall–Kier alpha value is -1.08. The van der Waals surface area contributed by atoms with Gasteiger partial charge in [-0.1, -0.05) is 35.9 Å². The number of aryl methyl sites for hydroxylation is 1. The summed E-state index contributed by atoms with van der Waals surface area (Å²) in [5, 5.41) is 8.66. The third kappa shape index (κ3) is 3.35. The van der Waals surface area contributed by atoms with Crippen molar-refractivity contribution in [3.05, 3.63) is 41.5 Å². The number of aliphatic hydroxyl groups excluding tert-OH is 1. The fourth-order valence-electron chi connectivity index (χ4n) is 1.34. The second kappa shape index (κ2) is 5.61. The van der Waals surface area contributed by atoms with Crippen molar-refractivity contribution in [2.75, 3.05) is 6.61 Å². The summed E-state index contributed by atoms with van der Waals surface area (Å²) in [6.07, 6.45) is 3.99. The van der Waals surface area contributed by atoms with E-state index in [0.717, 1.165) is 12.8 Å². The van der Waals surface area contributed by atoms with Crippen molar-refractivity contribution in [3.63, 3.8) is 0 Å². The molecular weight excluding hydrogens is 172 g/mol. The first kappa shape index (κ1) is 11.0. The molecule has 14 heavy (non-hydrogen) atoms. The van der Waals surface area contributed by atoms with Crippen LogP contribution in [0.4, 0.5) is 0 Å². The predicted molar refractivity (Wildman–Crippen MR) is 61.1 cm³/mol. The molecule has 0 bridgehead atoms. The molecule has 0 fully saturated rings. The first-order chi connectivity index (χ1) is 6.74. The van der Waals surface area contributed by atoms with Gasteiger partial charge >= 0.3 is 0 Å². The zero-order chi connectivity index (χ0) is 10.4. The predicted octanol–water partition coefficient (Wildman–Crippen LogP) is 3.17. The number of hydrogen-bond donors (Lipinski definition) is 1. The van der Waals surface area contributed by atoms with Gasteiger partial charge in [-0.25, -0.2) is 0 Å². The number of benzene rings is 1.